The van der Waals surface area contributed by atoms with E-state index in [9.17, 15) is 9.59 Å². The first-order valence-electron chi connectivity index (χ1n) is 8.39. The molecule has 2 rings (SSSR count). The minimum Gasteiger partial charge on any atom is -0.494 e. The highest BCUT2D eigenvalue weighted by Crippen LogP contribution is 2.15. The maximum Gasteiger partial charge on any atom is 0.303 e. The first-order valence-corrected chi connectivity index (χ1v) is 8.39. The average Bonchev–Trinajstić information content (AvgIpc) is 2.65. The van der Waals surface area contributed by atoms with Crippen LogP contribution in [0.3, 0.4) is 0 Å². The van der Waals surface area contributed by atoms with Gasteiger partial charge in [0.1, 0.15) is 11.3 Å². The zero-order chi connectivity index (χ0) is 18.8. The fourth-order valence-corrected chi connectivity index (χ4v) is 2.21. The first-order chi connectivity index (χ1) is 12.6. The molecule has 0 aliphatic carbocycles. The number of carbonyl (C=O) groups excluding carboxylic acids is 1. The molecule has 0 aliphatic heterocycles. The van der Waals surface area contributed by atoms with Crippen molar-refractivity contribution in [2.75, 3.05) is 13.2 Å². The van der Waals surface area contributed by atoms with E-state index in [-0.39, 0.29) is 12.3 Å². The van der Waals surface area contributed by atoms with Crippen LogP contribution in [0.4, 0.5) is 0 Å². The fourth-order valence-electron chi connectivity index (χ4n) is 2.21. The summed E-state index contributed by atoms with van der Waals surface area (Å²) in [7, 11) is 0. The number of carbonyl (C=O) groups is 2. The van der Waals surface area contributed by atoms with Crippen molar-refractivity contribution in [1.82, 2.24) is 10.3 Å². The molecule has 0 saturated heterocycles. The number of rotatable bonds is 10. The van der Waals surface area contributed by atoms with Crippen molar-refractivity contribution in [3.8, 4) is 11.6 Å². The van der Waals surface area contributed by atoms with Gasteiger partial charge in [-0.25, -0.2) is 4.98 Å². The van der Waals surface area contributed by atoms with E-state index in [0.29, 0.717) is 43.4 Å². The van der Waals surface area contributed by atoms with E-state index in [2.05, 4.69) is 10.3 Å². The van der Waals surface area contributed by atoms with Gasteiger partial charge in [-0.2, -0.15) is 0 Å². The standard InChI is InChI=1S/C19H22N2O5/c1-2-25-19-16(5-3-11-20-19)18(24)21-13-14-7-9-15(10-8-14)26-12-4-6-17(22)23/h3,5,7-11H,2,4,6,12-13H2,1H3,(H,21,24)(H,22,23). The molecule has 1 aromatic heterocycles. The zero-order valence-electron chi connectivity index (χ0n) is 14.6. The number of ether oxygens (including phenoxy) is 2. The van der Waals surface area contributed by atoms with Gasteiger partial charge in [0, 0.05) is 19.2 Å². The minimum absolute atomic E-state index is 0.0855. The molecule has 0 bridgehead atoms. The Kier molecular flexibility index (Phi) is 7.42. The smallest absolute Gasteiger partial charge is 0.303 e. The normalized spacial score (nSPS) is 10.2. The van der Waals surface area contributed by atoms with Crippen molar-refractivity contribution >= 4 is 11.9 Å². The van der Waals surface area contributed by atoms with Crippen LogP contribution in [0.5, 0.6) is 11.6 Å². The lowest BCUT2D eigenvalue weighted by atomic mass is 10.2. The van der Waals surface area contributed by atoms with Crippen molar-refractivity contribution in [1.29, 1.82) is 0 Å². The molecule has 0 aliphatic rings. The fraction of sp³-hybridized carbons (Fsp3) is 0.316. The van der Waals surface area contributed by atoms with Crippen molar-refractivity contribution in [2.24, 2.45) is 0 Å². The molecule has 0 spiro atoms. The number of pyridine rings is 1. The third-order valence-electron chi connectivity index (χ3n) is 3.48. The van der Waals surface area contributed by atoms with Crippen molar-refractivity contribution in [2.45, 2.75) is 26.3 Å². The van der Waals surface area contributed by atoms with Crippen LogP contribution in [0.15, 0.2) is 42.6 Å². The Bertz CT molecular complexity index is 731. The van der Waals surface area contributed by atoms with E-state index < -0.39 is 5.97 Å². The molecule has 0 fully saturated rings. The molecule has 0 unspecified atom stereocenters. The number of aliphatic carboxylic acids is 1. The highest BCUT2D eigenvalue weighted by molar-refractivity contribution is 5.96. The molecule has 1 amide bonds. The maximum absolute atomic E-state index is 12.3. The van der Waals surface area contributed by atoms with Gasteiger partial charge in [0.25, 0.3) is 5.91 Å². The maximum atomic E-state index is 12.3. The van der Waals surface area contributed by atoms with Crippen LogP contribution in [0.25, 0.3) is 0 Å². The lowest BCUT2D eigenvalue weighted by Crippen LogP contribution is -2.23. The Balaban J connectivity index is 1.84. The Morgan fingerprint density at radius 3 is 2.62 bits per heavy atom. The van der Waals surface area contributed by atoms with Gasteiger partial charge in [0.2, 0.25) is 5.88 Å². The van der Waals surface area contributed by atoms with Crippen molar-refractivity contribution in [3.63, 3.8) is 0 Å². The Morgan fingerprint density at radius 1 is 1.15 bits per heavy atom. The molecule has 2 aromatic rings. The Labute approximate surface area is 152 Å². The van der Waals surface area contributed by atoms with E-state index in [0.717, 1.165) is 5.56 Å². The largest absolute Gasteiger partial charge is 0.494 e. The molecule has 2 N–H and O–H groups in total. The number of carboxylic acids is 1. The molecule has 7 nitrogen and oxygen atoms in total. The zero-order valence-corrected chi connectivity index (χ0v) is 14.6. The number of benzene rings is 1. The van der Waals surface area contributed by atoms with Crippen LogP contribution < -0.4 is 14.8 Å². The van der Waals surface area contributed by atoms with E-state index >= 15 is 0 Å². The molecular formula is C19H22N2O5. The topological polar surface area (TPSA) is 97.8 Å². The molecule has 1 aromatic carbocycles. The predicted molar refractivity (Wildman–Crippen MR) is 95.4 cm³/mol. The van der Waals surface area contributed by atoms with Crippen LogP contribution in [0.1, 0.15) is 35.7 Å². The first kappa shape index (κ1) is 19.2. The summed E-state index contributed by atoms with van der Waals surface area (Å²) in [6.45, 7) is 2.98. The molecule has 7 heteroatoms. The van der Waals surface area contributed by atoms with Crippen LogP contribution in [-0.2, 0) is 11.3 Å². The second-order valence-electron chi connectivity index (χ2n) is 5.46. The number of nitrogens with one attached hydrogen (secondary N) is 1. The molecule has 26 heavy (non-hydrogen) atoms. The second-order valence-corrected chi connectivity index (χ2v) is 5.46. The quantitative estimate of drug-likeness (QED) is 0.634. The van der Waals surface area contributed by atoms with Gasteiger partial charge >= 0.3 is 5.97 Å². The summed E-state index contributed by atoms with van der Waals surface area (Å²) in [5, 5.41) is 11.4. The second kappa shape index (κ2) is 10.0. The lowest BCUT2D eigenvalue weighted by Gasteiger charge is -2.10. The molecule has 1 heterocycles. The Hall–Kier alpha value is -3.09. The van der Waals surface area contributed by atoms with E-state index in [1.165, 1.54) is 0 Å². The van der Waals surface area contributed by atoms with Gasteiger partial charge in [0.15, 0.2) is 0 Å². The average molecular weight is 358 g/mol. The predicted octanol–water partition coefficient (Wildman–Crippen LogP) is 2.65. The highest BCUT2D eigenvalue weighted by atomic mass is 16.5. The monoisotopic (exact) mass is 358 g/mol. The SMILES string of the molecule is CCOc1ncccc1C(=O)NCc1ccc(OCCCC(=O)O)cc1. The minimum atomic E-state index is -0.833. The number of hydrogen-bond acceptors (Lipinski definition) is 5. The summed E-state index contributed by atoms with van der Waals surface area (Å²) in [4.78, 5) is 26.8. The molecular weight excluding hydrogens is 336 g/mol. The van der Waals surface area contributed by atoms with Gasteiger partial charge in [-0.05, 0) is 43.2 Å². The summed E-state index contributed by atoms with van der Waals surface area (Å²) in [5.41, 5.74) is 1.31. The number of amides is 1. The van der Waals surface area contributed by atoms with Crippen LogP contribution >= 0.6 is 0 Å². The number of aromatic nitrogens is 1. The molecule has 138 valence electrons. The van der Waals surface area contributed by atoms with Crippen LogP contribution in [-0.4, -0.2) is 35.2 Å². The summed E-state index contributed by atoms with van der Waals surface area (Å²) in [6, 6.07) is 10.6. The lowest BCUT2D eigenvalue weighted by molar-refractivity contribution is -0.137. The van der Waals surface area contributed by atoms with E-state index in [1.807, 2.05) is 19.1 Å². The van der Waals surface area contributed by atoms with Crippen molar-refractivity contribution < 1.29 is 24.2 Å². The van der Waals surface area contributed by atoms with Gasteiger partial charge in [-0.3, -0.25) is 9.59 Å². The molecule has 0 saturated carbocycles. The summed E-state index contributed by atoms with van der Waals surface area (Å²) in [5.74, 6) is -0.106. The van der Waals surface area contributed by atoms with Gasteiger partial charge in [-0.1, -0.05) is 12.1 Å². The highest BCUT2D eigenvalue weighted by Gasteiger charge is 2.12. The Morgan fingerprint density at radius 2 is 1.92 bits per heavy atom. The summed E-state index contributed by atoms with van der Waals surface area (Å²) in [6.07, 6.45) is 2.12. The van der Waals surface area contributed by atoms with Gasteiger partial charge < -0.3 is 19.9 Å². The van der Waals surface area contributed by atoms with Gasteiger partial charge in [0.05, 0.1) is 13.2 Å². The van der Waals surface area contributed by atoms with Crippen LogP contribution in [0.2, 0.25) is 0 Å². The molecule has 0 atom stereocenters. The third kappa shape index (κ3) is 6.08. The summed E-state index contributed by atoms with van der Waals surface area (Å²) >= 11 is 0. The number of carboxylic acid groups (broad SMARTS) is 1. The number of nitrogens with zero attached hydrogens (tertiary/aromatic N) is 1. The van der Waals surface area contributed by atoms with E-state index in [1.54, 1.807) is 30.5 Å². The number of hydrogen-bond donors (Lipinski definition) is 2. The van der Waals surface area contributed by atoms with Crippen molar-refractivity contribution in [3.05, 3.63) is 53.7 Å². The van der Waals surface area contributed by atoms with E-state index in [4.69, 9.17) is 14.6 Å². The summed E-state index contributed by atoms with van der Waals surface area (Å²) < 4.78 is 10.8. The third-order valence-corrected chi connectivity index (χ3v) is 3.48. The molecule has 0 radical (unpaired) electrons. The van der Waals surface area contributed by atoms with Gasteiger partial charge in [-0.15, -0.1) is 0 Å². The van der Waals surface area contributed by atoms with Crippen LogP contribution in [0, 0.1) is 0 Å².